The summed E-state index contributed by atoms with van der Waals surface area (Å²) in [6, 6.07) is 8.92. The summed E-state index contributed by atoms with van der Waals surface area (Å²) in [5.74, 6) is -0.135. The molecule has 3 N–H and O–H groups in total. The molecule has 0 aliphatic rings. The Hall–Kier alpha value is -1.55. The van der Waals surface area contributed by atoms with Gasteiger partial charge in [-0.3, -0.25) is 4.79 Å². The predicted octanol–water partition coefficient (Wildman–Crippen LogP) is 2.01. The standard InChI is InChI=1S/C14H22N2O2/c1-4-18-14(17)12(15)13(10(2)3)16-11-8-6-5-7-9-11/h5-10,12-13,16H,4,15H2,1-3H3/t12-,13+/m1/s1. The van der Waals surface area contributed by atoms with Crippen LogP contribution in [0, 0.1) is 5.92 Å². The Labute approximate surface area is 109 Å². The maximum absolute atomic E-state index is 11.7. The topological polar surface area (TPSA) is 64.3 Å². The minimum Gasteiger partial charge on any atom is -0.465 e. The molecule has 2 atom stereocenters. The Morgan fingerprint density at radius 2 is 1.94 bits per heavy atom. The zero-order valence-electron chi connectivity index (χ0n) is 11.2. The van der Waals surface area contributed by atoms with Crippen LogP contribution in [0.25, 0.3) is 0 Å². The third-order valence-electron chi connectivity index (χ3n) is 2.77. The number of nitrogens with two attached hydrogens (primary N) is 1. The Morgan fingerprint density at radius 3 is 2.44 bits per heavy atom. The first-order chi connectivity index (χ1) is 8.56. The highest BCUT2D eigenvalue weighted by Gasteiger charge is 2.28. The van der Waals surface area contributed by atoms with Crippen molar-refractivity contribution in [2.24, 2.45) is 11.7 Å². The molecule has 0 spiro atoms. The fourth-order valence-corrected chi connectivity index (χ4v) is 1.78. The molecule has 0 radical (unpaired) electrons. The minimum atomic E-state index is -0.662. The van der Waals surface area contributed by atoms with Gasteiger partial charge in [-0.05, 0) is 25.0 Å². The third kappa shape index (κ3) is 4.04. The molecule has 0 amide bonds. The van der Waals surface area contributed by atoms with E-state index in [-0.39, 0.29) is 17.9 Å². The molecule has 4 nitrogen and oxygen atoms in total. The van der Waals surface area contributed by atoms with Crippen LogP contribution in [0.4, 0.5) is 5.69 Å². The predicted molar refractivity (Wildman–Crippen MR) is 73.3 cm³/mol. The molecule has 1 rings (SSSR count). The van der Waals surface area contributed by atoms with Gasteiger partial charge < -0.3 is 15.8 Å². The molecule has 0 aliphatic carbocycles. The van der Waals surface area contributed by atoms with Crippen LogP contribution in [0.3, 0.4) is 0 Å². The monoisotopic (exact) mass is 250 g/mol. The fraction of sp³-hybridized carbons (Fsp3) is 0.500. The molecule has 0 heterocycles. The molecular weight excluding hydrogens is 228 g/mol. The van der Waals surface area contributed by atoms with Crippen LogP contribution in [-0.2, 0) is 9.53 Å². The van der Waals surface area contributed by atoms with E-state index >= 15 is 0 Å². The van der Waals surface area contributed by atoms with Gasteiger partial charge in [0.2, 0.25) is 0 Å². The van der Waals surface area contributed by atoms with Crippen molar-refractivity contribution in [1.82, 2.24) is 0 Å². The first-order valence-corrected chi connectivity index (χ1v) is 6.30. The number of carbonyl (C=O) groups excluding carboxylic acids is 1. The average Bonchev–Trinajstić information content (AvgIpc) is 2.36. The molecule has 0 unspecified atom stereocenters. The van der Waals surface area contributed by atoms with Crippen molar-refractivity contribution in [3.8, 4) is 0 Å². The van der Waals surface area contributed by atoms with E-state index in [1.165, 1.54) is 0 Å². The molecule has 0 saturated heterocycles. The lowest BCUT2D eigenvalue weighted by Crippen LogP contribution is -2.49. The van der Waals surface area contributed by atoms with Crippen LogP contribution in [0.5, 0.6) is 0 Å². The highest BCUT2D eigenvalue weighted by atomic mass is 16.5. The molecular formula is C14H22N2O2. The number of esters is 1. The van der Waals surface area contributed by atoms with Crippen LogP contribution in [0.1, 0.15) is 20.8 Å². The number of nitrogens with one attached hydrogen (secondary N) is 1. The van der Waals surface area contributed by atoms with Gasteiger partial charge in [0.1, 0.15) is 6.04 Å². The Balaban J connectivity index is 2.74. The van der Waals surface area contributed by atoms with Crippen molar-refractivity contribution in [3.05, 3.63) is 30.3 Å². The van der Waals surface area contributed by atoms with E-state index in [1.54, 1.807) is 6.92 Å². The number of benzene rings is 1. The number of carbonyl (C=O) groups is 1. The molecule has 0 aromatic heterocycles. The van der Waals surface area contributed by atoms with Gasteiger partial charge >= 0.3 is 5.97 Å². The van der Waals surface area contributed by atoms with Crippen LogP contribution in [0.2, 0.25) is 0 Å². The van der Waals surface area contributed by atoms with Gasteiger partial charge in [0.15, 0.2) is 0 Å². The number of para-hydroxylation sites is 1. The molecule has 0 bridgehead atoms. The summed E-state index contributed by atoms with van der Waals surface area (Å²) in [7, 11) is 0. The Kier molecular flexibility index (Phi) is 5.65. The summed E-state index contributed by atoms with van der Waals surface area (Å²) in [5.41, 5.74) is 6.91. The quantitative estimate of drug-likeness (QED) is 0.758. The molecule has 1 aromatic carbocycles. The minimum absolute atomic E-state index is 0.147. The summed E-state index contributed by atoms with van der Waals surface area (Å²) in [6.07, 6.45) is 0. The van der Waals surface area contributed by atoms with Crippen molar-refractivity contribution in [3.63, 3.8) is 0 Å². The van der Waals surface area contributed by atoms with E-state index in [1.807, 2.05) is 44.2 Å². The van der Waals surface area contributed by atoms with Crippen molar-refractivity contribution in [2.75, 3.05) is 11.9 Å². The summed E-state index contributed by atoms with van der Waals surface area (Å²) >= 11 is 0. The van der Waals surface area contributed by atoms with Gasteiger partial charge in [-0.2, -0.15) is 0 Å². The highest BCUT2D eigenvalue weighted by molar-refractivity contribution is 5.77. The second-order valence-electron chi connectivity index (χ2n) is 4.56. The summed E-state index contributed by atoms with van der Waals surface area (Å²) < 4.78 is 4.97. The van der Waals surface area contributed by atoms with E-state index < -0.39 is 6.04 Å². The van der Waals surface area contributed by atoms with E-state index in [2.05, 4.69) is 5.32 Å². The molecule has 0 fully saturated rings. The van der Waals surface area contributed by atoms with Gasteiger partial charge in [-0.15, -0.1) is 0 Å². The zero-order valence-corrected chi connectivity index (χ0v) is 11.2. The summed E-state index contributed by atoms with van der Waals surface area (Å²) in [6.45, 7) is 6.18. The Morgan fingerprint density at radius 1 is 1.33 bits per heavy atom. The lowest BCUT2D eigenvalue weighted by Gasteiger charge is -2.27. The normalized spacial score (nSPS) is 14.1. The maximum Gasteiger partial charge on any atom is 0.325 e. The molecule has 100 valence electrons. The second-order valence-corrected chi connectivity index (χ2v) is 4.56. The van der Waals surface area contributed by atoms with Crippen LogP contribution >= 0.6 is 0 Å². The molecule has 4 heteroatoms. The molecule has 0 aliphatic heterocycles. The van der Waals surface area contributed by atoms with E-state index in [4.69, 9.17) is 10.5 Å². The van der Waals surface area contributed by atoms with E-state index in [9.17, 15) is 4.79 Å². The van der Waals surface area contributed by atoms with Crippen molar-refractivity contribution >= 4 is 11.7 Å². The van der Waals surface area contributed by atoms with Gasteiger partial charge in [0.25, 0.3) is 0 Å². The lowest BCUT2D eigenvalue weighted by atomic mass is 9.96. The molecule has 18 heavy (non-hydrogen) atoms. The largest absolute Gasteiger partial charge is 0.465 e. The maximum atomic E-state index is 11.7. The van der Waals surface area contributed by atoms with Crippen LogP contribution in [-0.4, -0.2) is 24.7 Å². The average molecular weight is 250 g/mol. The van der Waals surface area contributed by atoms with Gasteiger partial charge in [0.05, 0.1) is 12.6 Å². The molecule has 1 aromatic rings. The van der Waals surface area contributed by atoms with Crippen molar-refractivity contribution < 1.29 is 9.53 Å². The Bertz CT molecular complexity index is 365. The number of anilines is 1. The summed E-state index contributed by atoms with van der Waals surface area (Å²) in [4.78, 5) is 11.7. The van der Waals surface area contributed by atoms with Crippen molar-refractivity contribution in [1.29, 1.82) is 0 Å². The summed E-state index contributed by atoms with van der Waals surface area (Å²) in [5, 5.41) is 3.29. The van der Waals surface area contributed by atoms with Gasteiger partial charge in [0, 0.05) is 5.69 Å². The first kappa shape index (κ1) is 14.5. The highest BCUT2D eigenvalue weighted by Crippen LogP contribution is 2.15. The smallest absolute Gasteiger partial charge is 0.325 e. The van der Waals surface area contributed by atoms with Crippen molar-refractivity contribution in [2.45, 2.75) is 32.9 Å². The lowest BCUT2D eigenvalue weighted by molar-refractivity contribution is -0.145. The number of hydrogen-bond acceptors (Lipinski definition) is 4. The first-order valence-electron chi connectivity index (χ1n) is 6.30. The zero-order chi connectivity index (χ0) is 13.5. The van der Waals surface area contributed by atoms with Crippen LogP contribution < -0.4 is 11.1 Å². The third-order valence-corrected chi connectivity index (χ3v) is 2.77. The number of ether oxygens (including phenoxy) is 1. The molecule has 0 saturated carbocycles. The van der Waals surface area contributed by atoms with E-state index in [0.717, 1.165) is 5.69 Å². The SMILES string of the molecule is CCOC(=O)[C@H](N)[C@@H](Nc1ccccc1)C(C)C. The van der Waals surface area contributed by atoms with E-state index in [0.29, 0.717) is 6.61 Å². The number of hydrogen-bond donors (Lipinski definition) is 2. The van der Waals surface area contributed by atoms with Gasteiger partial charge in [-0.25, -0.2) is 0 Å². The fourth-order valence-electron chi connectivity index (χ4n) is 1.78. The van der Waals surface area contributed by atoms with Crippen LogP contribution in [0.15, 0.2) is 30.3 Å². The second kappa shape index (κ2) is 7.01. The van der Waals surface area contributed by atoms with Gasteiger partial charge in [-0.1, -0.05) is 32.0 Å². The number of rotatable bonds is 6.